The van der Waals surface area contributed by atoms with E-state index in [4.69, 9.17) is 0 Å². The summed E-state index contributed by atoms with van der Waals surface area (Å²) < 4.78 is 78.8. The molecule has 0 aliphatic carbocycles. The summed E-state index contributed by atoms with van der Waals surface area (Å²) >= 11 is 0. The highest BCUT2D eigenvalue weighted by Gasteiger charge is 2.39. The number of carbonyl (C=O) groups excluding carboxylic acids is 1. The number of sulfonamides is 1. The van der Waals surface area contributed by atoms with Gasteiger partial charge < -0.3 is 5.32 Å². The van der Waals surface area contributed by atoms with E-state index in [9.17, 15) is 36.0 Å². The summed E-state index contributed by atoms with van der Waals surface area (Å²) in [5.41, 5.74) is -0.138. The zero-order valence-corrected chi connectivity index (χ0v) is 19.9. The van der Waals surface area contributed by atoms with Gasteiger partial charge in [0.15, 0.2) is 0 Å². The van der Waals surface area contributed by atoms with E-state index in [2.05, 4.69) is 15.3 Å². The Hall–Kier alpha value is -3.89. The quantitative estimate of drug-likeness (QED) is 0.484. The van der Waals surface area contributed by atoms with E-state index in [0.717, 1.165) is 40.8 Å². The Balaban J connectivity index is 1.50. The summed E-state index contributed by atoms with van der Waals surface area (Å²) in [6, 6.07) is 8.70. The third-order valence-electron chi connectivity index (χ3n) is 5.82. The van der Waals surface area contributed by atoms with Crippen molar-refractivity contribution < 1.29 is 30.8 Å². The third kappa shape index (κ3) is 5.60. The fraction of sp³-hybridized carbons (Fsp3) is 0.250. The molecule has 0 unspecified atom stereocenters. The van der Waals surface area contributed by atoms with E-state index in [0.29, 0.717) is 12.1 Å². The lowest BCUT2D eigenvalue weighted by molar-refractivity contribution is -0.141. The number of nitriles is 1. The van der Waals surface area contributed by atoms with Crippen LogP contribution >= 0.6 is 0 Å². The van der Waals surface area contributed by atoms with Crippen molar-refractivity contribution in [1.82, 2.24) is 19.6 Å². The minimum atomic E-state index is -4.61. The predicted molar refractivity (Wildman–Crippen MR) is 122 cm³/mol. The number of aromatic nitrogens is 2. The van der Waals surface area contributed by atoms with Gasteiger partial charge in [-0.3, -0.25) is 14.8 Å². The molecule has 0 saturated carbocycles. The molecular weight excluding hydrogens is 514 g/mol. The van der Waals surface area contributed by atoms with Crippen molar-refractivity contribution in [2.24, 2.45) is 0 Å². The molecule has 37 heavy (non-hydrogen) atoms. The van der Waals surface area contributed by atoms with Crippen LogP contribution in [0, 0.1) is 17.1 Å². The van der Waals surface area contributed by atoms with E-state index < -0.39 is 39.7 Å². The summed E-state index contributed by atoms with van der Waals surface area (Å²) in [7, 11) is -4.03. The fourth-order valence-corrected chi connectivity index (χ4v) is 5.63. The maximum absolute atomic E-state index is 13.2. The minimum Gasteiger partial charge on any atom is -0.349 e. The van der Waals surface area contributed by atoms with Crippen LogP contribution in [-0.2, 0) is 27.5 Å². The van der Waals surface area contributed by atoms with Crippen molar-refractivity contribution in [1.29, 1.82) is 5.26 Å². The first-order chi connectivity index (χ1) is 17.5. The Labute approximate surface area is 209 Å². The first-order valence-electron chi connectivity index (χ1n) is 11.0. The van der Waals surface area contributed by atoms with Crippen molar-refractivity contribution >= 4 is 15.9 Å². The average molecular weight is 534 g/mol. The van der Waals surface area contributed by atoms with Crippen molar-refractivity contribution in [3.05, 3.63) is 77.6 Å². The first-order valence-corrected chi connectivity index (χ1v) is 12.4. The second-order valence-electron chi connectivity index (χ2n) is 8.21. The maximum atomic E-state index is 13.2. The van der Waals surface area contributed by atoms with Crippen LogP contribution in [0.3, 0.4) is 0 Å². The van der Waals surface area contributed by atoms with Crippen LogP contribution in [0.1, 0.15) is 29.8 Å². The second kappa shape index (κ2) is 10.2. The molecule has 8 nitrogen and oxygen atoms in total. The van der Waals surface area contributed by atoms with Crippen LogP contribution in [0.2, 0.25) is 0 Å². The standard InChI is InChI=1S/C24H19F4N5O3S/c25-17-4-6-19(7-5-17)37(35,36)33-9-1-2-21(33)23(34)32-14-18-10-20(16(11-29)13-30-18)15-3-8-22(31-12-15)24(26,27)28/h3-8,10,12-13,21H,1-2,9,14H2,(H,32,34)/t21-/m0/s1. The molecule has 1 fully saturated rings. The number of rotatable bonds is 6. The van der Waals surface area contributed by atoms with E-state index in [1.807, 2.05) is 6.07 Å². The number of hydrogen-bond donors (Lipinski definition) is 1. The van der Waals surface area contributed by atoms with Gasteiger partial charge in [-0.2, -0.15) is 22.7 Å². The van der Waals surface area contributed by atoms with E-state index in [-0.39, 0.29) is 41.1 Å². The summed E-state index contributed by atoms with van der Waals surface area (Å²) in [5, 5.41) is 12.0. The van der Waals surface area contributed by atoms with Gasteiger partial charge in [-0.25, -0.2) is 12.8 Å². The molecular formula is C24H19F4N5O3S. The fourth-order valence-electron chi connectivity index (χ4n) is 3.97. The molecule has 1 N–H and O–H groups in total. The van der Waals surface area contributed by atoms with Gasteiger partial charge in [0, 0.05) is 30.1 Å². The third-order valence-corrected chi connectivity index (χ3v) is 7.74. The minimum absolute atomic E-state index is 0.101. The van der Waals surface area contributed by atoms with Crippen LogP contribution in [0.25, 0.3) is 11.1 Å². The van der Waals surface area contributed by atoms with Gasteiger partial charge in [-0.15, -0.1) is 0 Å². The van der Waals surface area contributed by atoms with Gasteiger partial charge in [0.05, 0.1) is 22.7 Å². The molecule has 2 aromatic heterocycles. The lowest BCUT2D eigenvalue weighted by Crippen LogP contribution is -2.45. The van der Waals surface area contributed by atoms with Crippen LogP contribution in [0.4, 0.5) is 17.6 Å². The largest absolute Gasteiger partial charge is 0.433 e. The number of alkyl halides is 3. The number of carbonyl (C=O) groups is 1. The molecule has 3 heterocycles. The Bertz CT molecular complexity index is 1450. The number of amides is 1. The maximum Gasteiger partial charge on any atom is 0.433 e. The zero-order chi connectivity index (χ0) is 26.8. The van der Waals surface area contributed by atoms with Gasteiger partial charge in [0.1, 0.15) is 23.6 Å². The monoisotopic (exact) mass is 533 g/mol. The Morgan fingerprint density at radius 2 is 1.86 bits per heavy atom. The van der Waals surface area contributed by atoms with Gasteiger partial charge in [0.25, 0.3) is 0 Å². The van der Waals surface area contributed by atoms with Gasteiger partial charge in [0.2, 0.25) is 15.9 Å². The van der Waals surface area contributed by atoms with Gasteiger partial charge >= 0.3 is 6.18 Å². The molecule has 192 valence electrons. The lowest BCUT2D eigenvalue weighted by atomic mass is 10.0. The van der Waals surface area contributed by atoms with E-state index in [1.54, 1.807) is 0 Å². The van der Waals surface area contributed by atoms with Crippen molar-refractivity contribution in [2.45, 2.75) is 36.5 Å². The van der Waals surface area contributed by atoms with Gasteiger partial charge in [-0.05, 0) is 49.2 Å². The number of nitrogens with one attached hydrogen (secondary N) is 1. The molecule has 13 heteroatoms. The summed E-state index contributed by atoms with van der Waals surface area (Å²) in [5.74, 6) is -1.15. The smallest absolute Gasteiger partial charge is 0.349 e. The highest BCUT2D eigenvalue weighted by Crippen LogP contribution is 2.30. The van der Waals surface area contributed by atoms with Crippen molar-refractivity contribution in [3.63, 3.8) is 0 Å². The molecule has 4 rings (SSSR count). The normalized spacial score (nSPS) is 16.4. The first kappa shape index (κ1) is 26.2. The highest BCUT2D eigenvalue weighted by molar-refractivity contribution is 7.89. The Kier molecular flexibility index (Phi) is 7.24. The topological polar surface area (TPSA) is 116 Å². The number of pyridine rings is 2. The Morgan fingerprint density at radius 3 is 2.49 bits per heavy atom. The molecule has 1 saturated heterocycles. The summed E-state index contributed by atoms with van der Waals surface area (Å²) in [4.78, 5) is 20.3. The average Bonchev–Trinajstić information content (AvgIpc) is 3.38. The number of benzene rings is 1. The predicted octanol–water partition coefficient (Wildman–Crippen LogP) is 3.64. The molecule has 1 aliphatic rings. The zero-order valence-electron chi connectivity index (χ0n) is 19.0. The van der Waals surface area contributed by atoms with Crippen LogP contribution in [0.15, 0.2) is 59.8 Å². The van der Waals surface area contributed by atoms with Crippen LogP contribution in [0.5, 0.6) is 0 Å². The lowest BCUT2D eigenvalue weighted by Gasteiger charge is -2.23. The second-order valence-corrected chi connectivity index (χ2v) is 10.1. The molecule has 3 aromatic rings. The molecule has 1 atom stereocenters. The molecule has 1 aliphatic heterocycles. The number of hydrogen-bond acceptors (Lipinski definition) is 6. The molecule has 0 spiro atoms. The van der Waals surface area contributed by atoms with Gasteiger partial charge in [-0.1, -0.05) is 6.07 Å². The van der Waals surface area contributed by atoms with Crippen LogP contribution < -0.4 is 5.32 Å². The van der Waals surface area contributed by atoms with E-state index >= 15 is 0 Å². The van der Waals surface area contributed by atoms with Crippen LogP contribution in [-0.4, -0.2) is 41.2 Å². The van der Waals surface area contributed by atoms with E-state index in [1.165, 1.54) is 18.3 Å². The van der Waals surface area contributed by atoms with Crippen molar-refractivity contribution in [3.8, 4) is 17.2 Å². The highest BCUT2D eigenvalue weighted by atomic mass is 32.2. The molecule has 1 aromatic carbocycles. The summed E-state index contributed by atoms with van der Waals surface area (Å²) in [6.07, 6.45) is -1.63. The Morgan fingerprint density at radius 1 is 1.14 bits per heavy atom. The molecule has 0 radical (unpaired) electrons. The molecule has 0 bridgehead atoms. The SMILES string of the molecule is N#Cc1cnc(CNC(=O)[C@@H]2CCCN2S(=O)(=O)c2ccc(F)cc2)cc1-c1ccc(C(F)(F)F)nc1. The van der Waals surface area contributed by atoms with Crippen molar-refractivity contribution in [2.75, 3.05) is 6.54 Å². The molecule has 1 amide bonds. The number of halogens is 4. The number of nitrogens with zero attached hydrogens (tertiary/aromatic N) is 4. The summed E-state index contributed by atoms with van der Waals surface area (Å²) in [6.45, 7) is 0.00449.